The van der Waals surface area contributed by atoms with Crippen LogP contribution in [0.25, 0.3) is 5.76 Å². The summed E-state index contributed by atoms with van der Waals surface area (Å²) in [7, 11) is 4.52. The molecule has 0 saturated carbocycles. The minimum atomic E-state index is -0.868. The van der Waals surface area contributed by atoms with E-state index in [1.54, 1.807) is 42.5 Å². The molecule has 0 aromatic heterocycles. The maximum atomic E-state index is 13.5. The maximum absolute atomic E-state index is 13.5. The highest BCUT2D eigenvalue weighted by atomic mass is 16.5. The van der Waals surface area contributed by atoms with Gasteiger partial charge in [0.25, 0.3) is 11.7 Å². The van der Waals surface area contributed by atoms with Gasteiger partial charge in [-0.25, -0.2) is 0 Å². The summed E-state index contributed by atoms with van der Waals surface area (Å²) >= 11 is 0. The molecule has 7 nitrogen and oxygen atoms in total. The van der Waals surface area contributed by atoms with Crippen LogP contribution in [0.5, 0.6) is 17.2 Å². The molecule has 192 valence electrons. The number of anilines is 1. The Kier molecular flexibility index (Phi) is 6.99. The first-order valence-electron chi connectivity index (χ1n) is 11.9. The third kappa shape index (κ3) is 4.77. The summed E-state index contributed by atoms with van der Waals surface area (Å²) in [4.78, 5) is 28.3. The first kappa shape index (κ1) is 25.8. The molecule has 0 radical (unpaired) electrons. The van der Waals surface area contributed by atoms with Crippen molar-refractivity contribution in [3.8, 4) is 17.2 Å². The summed E-state index contributed by atoms with van der Waals surface area (Å²) in [6, 6.07) is 18.7. The van der Waals surface area contributed by atoms with Crippen LogP contribution >= 0.6 is 0 Å². The smallest absolute Gasteiger partial charge is 0.300 e. The highest BCUT2D eigenvalue weighted by Gasteiger charge is 2.47. The first-order chi connectivity index (χ1) is 17.6. The third-order valence-electron chi connectivity index (χ3n) is 6.53. The molecule has 3 aromatic rings. The molecule has 1 fully saturated rings. The van der Waals surface area contributed by atoms with Crippen LogP contribution in [-0.2, 0) is 15.0 Å². The minimum Gasteiger partial charge on any atom is -0.507 e. The van der Waals surface area contributed by atoms with Crippen molar-refractivity contribution in [1.29, 1.82) is 0 Å². The van der Waals surface area contributed by atoms with E-state index in [4.69, 9.17) is 14.2 Å². The largest absolute Gasteiger partial charge is 0.507 e. The van der Waals surface area contributed by atoms with Crippen LogP contribution in [0.3, 0.4) is 0 Å². The first-order valence-corrected chi connectivity index (χ1v) is 11.9. The molecule has 0 bridgehead atoms. The summed E-state index contributed by atoms with van der Waals surface area (Å²) in [6.45, 7) is 6.33. The molecule has 1 aliphatic rings. The fourth-order valence-electron chi connectivity index (χ4n) is 4.48. The molecular weight excluding hydrogens is 470 g/mol. The van der Waals surface area contributed by atoms with E-state index in [-0.39, 0.29) is 22.3 Å². The lowest BCUT2D eigenvalue weighted by Crippen LogP contribution is -2.29. The second-order valence-corrected chi connectivity index (χ2v) is 9.81. The lowest BCUT2D eigenvalue weighted by molar-refractivity contribution is -0.132. The zero-order valence-electron chi connectivity index (χ0n) is 21.9. The number of ketones is 1. The molecule has 0 aliphatic carbocycles. The monoisotopic (exact) mass is 501 g/mol. The fraction of sp³-hybridized carbons (Fsp3) is 0.267. The molecule has 4 rings (SSSR count). The molecule has 1 saturated heterocycles. The van der Waals surface area contributed by atoms with Crippen LogP contribution in [-0.4, -0.2) is 38.1 Å². The quantitative estimate of drug-likeness (QED) is 0.267. The summed E-state index contributed by atoms with van der Waals surface area (Å²) in [6.07, 6.45) is 0. The Labute approximate surface area is 216 Å². The van der Waals surface area contributed by atoms with Gasteiger partial charge in [0.15, 0.2) is 0 Å². The topological polar surface area (TPSA) is 85.3 Å². The van der Waals surface area contributed by atoms with Gasteiger partial charge in [0.2, 0.25) is 0 Å². The molecule has 3 aromatic carbocycles. The van der Waals surface area contributed by atoms with E-state index in [9.17, 15) is 14.7 Å². The van der Waals surface area contributed by atoms with Gasteiger partial charge >= 0.3 is 0 Å². The van der Waals surface area contributed by atoms with Gasteiger partial charge in [-0.15, -0.1) is 0 Å². The Hall–Kier alpha value is -4.26. The Balaban J connectivity index is 1.96. The number of aliphatic hydroxyl groups is 1. The SMILES string of the molecule is COc1cccc(N2C(=O)C(=O)/C(=C(\O)c3ccc(OC)cc3OC)C2c2ccc(C(C)(C)C)cc2)c1. The average Bonchev–Trinajstić information content (AvgIpc) is 3.17. The van der Waals surface area contributed by atoms with Crippen LogP contribution in [0.1, 0.15) is 43.5 Å². The lowest BCUT2D eigenvalue weighted by Gasteiger charge is -2.27. The predicted molar refractivity (Wildman–Crippen MR) is 142 cm³/mol. The highest BCUT2D eigenvalue weighted by molar-refractivity contribution is 6.51. The number of benzene rings is 3. The third-order valence-corrected chi connectivity index (χ3v) is 6.53. The van der Waals surface area contributed by atoms with Crippen LogP contribution < -0.4 is 19.1 Å². The van der Waals surface area contributed by atoms with Crippen LogP contribution in [0, 0.1) is 0 Å². The van der Waals surface area contributed by atoms with E-state index in [1.165, 1.54) is 26.2 Å². The van der Waals surface area contributed by atoms with Gasteiger partial charge in [0, 0.05) is 17.8 Å². The van der Waals surface area contributed by atoms with Crippen molar-refractivity contribution in [2.24, 2.45) is 0 Å². The van der Waals surface area contributed by atoms with Gasteiger partial charge in [-0.2, -0.15) is 0 Å². The van der Waals surface area contributed by atoms with Gasteiger partial charge in [-0.1, -0.05) is 51.1 Å². The van der Waals surface area contributed by atoms with Crippen molar-refractivity contribution in [1.82, 2.24) is 0 Å². The van der Waals surface area contributed by atoms with E-state index in [0.29, 0.717) is 28.5 Å². The van der Waals surface area contributed by atoms with E-state index in [0.717, 1.165) is 5.56 Å². The fourth-order valence-corrected chi connectivity index (χ4v) is 4.48. The average molecular weight is 502 g/mol. The van der Waals surface area contributed by atoms with Gasteiger partial charge in [0.1, 0.15) is 23.0 Å². The number of nitrogens with zero attached hydrogens (tertiary/aromatic N) is 1. The molecular formula is C30H31NO6. The summed E-state index contributed by atoms with van der Waals surface area (Å²) < 4.78 is 16.1. The standard InChI is InChI=1S/C30H31NO6/c1-30(2,3)19-12-10-18(11-13-19)26-25(27(32)23-15-14-22(36-5)17-24(23)37-6)28(33)29(34)31(26)20-8-7-9-21(16-20)35-4/h7-17,26,32H,1-6H3/b27-25-. The number of ether oxygens (including phenoxy) is 3. The number of hydrogen-bond acceptors (Lipinski definition) is 6. The number of carbonyl (C=O) groups excluding carboxylic acids is 2. The number of hydrogen-bond donors (Lipinski definition) is 1. The number of Topliss-reactive ketones (excluding diaryl/α,β-unsaturated/α-hetero) is 1. The molecule has 0 spiro atoms. The van der Waals surface area contributed by atoms with Crippen LogP contribution in [0.15, 0.2) is 72.3 Å². The number of rotatable bonds is 6. The summed E-state index contributed by atoms with van der Waals surface area (Å²) in [5.41, 5.74) is 2.44. The molecule has 1 unspecified atom stereocenters. The Morgan fingerprint density at radius 1 is 0.838 bits per heavy atom. The summed E-state index contributed by atoms with van der Waals surface area (Å²) in [5, 5.41) is 11.5. The zero-order chi connectivity index (χ0) is 26.9. The lowest BCUT2D eigenvalue weighted by atomic mass is 9.85. The van der Waals surface area contributed by atoms with Crippen molar-refractivity contribution in [3.63, 3.8) is 0 Å². The molecule has 1 atom stereocenters. The van der Waals surface area contributed by atoms with E-state index in [2.05, 4.69) is 20.8 Å². The maximum Gasteiger partial charge on any atom is 0.300 e. The highest BCUT2D eigenvalue weighted by Crippen LogP contribution is 2.44. The second kappa shape index (κ2) is 10.0. The van der Waals surface area contributed by atoms with Crippen LogP contribution in [0.4, 0.5) is 5.69 Å². The molecule has 1 amide bonds. The molecule has 1 N–H and O–H groups in total. The Morgan fingerprint density at radius 2 is 1.49 bits per heavy atom. The van der Waals surface area contributed by atoms with Crippen LogP contribution in [0.2, 0.25) is 0 Å². The number of methoxy groups -OCH3 is 3. The molecule has 37 heavy (non-hydrogen) atoms. The predicted octanol–water partition coefficient (Wildman–Crippen LogP) is 5.64. The summed E-state index contributed by atoms with van der Waals surface area (Å²) in [5.74, 6) is -0.479. The normalized spacial score (nSPS) is 17.1. The van der Waals surface area contributed by atoms with Gasteiger partial charge in [0.05, 0.1) is 38.5 Å². The number of amides is 1. The van der Waals surface area contributed by atoms with Crippen molar-refractivity contribution >= 4 is 23.1 Å². The van der Waals surface area contributed by atoms with Gasteiger partial charge < -0.3 is 19.3 Å². The van der Waals surface area contributed by atoms with E-state index in [1.807, 2.05) is 24.3 Å². The van der Waals surface area contributed by atoms with Crippen molar-refractivity contribution < 1.29 is 28.9 Å². The van der Waals surface area contributed by atoms with Crippen molar-refractivity contribution in [2.45, 2.75) is 32.2 Å². The Morgan fingerprint density at radius 3 is 2.08 bits per heavy atom. The van der Waals surface area contributed by atoms with Gasteiger partial charge in [-0.05, 0) is 40.8 Å². The van der Waals surface area contributed by atoms with Gasteiger partial charge in [-0.3, -0.25) is 14.5 Å². The minimum absolute atomic E-state index is 0.0280. The Bertz CT molecular complexity index is 1370. The zero-order valence-corrected chi connectivity index (χ0v) is 21.9. The van der Waals surface area contributed by atoms with E-state index >= 15 is 0 Å². The van der Waals surface area contributed by atoms with E-state index < -0.39 is 17.7 Å². The molecule has 1 heterocycles. The number of aliphatic hydroxyl groups excluding tert-OH is 1. The molecule has 1 aliphatic heterocycles. The second-order valence-electron chi connectivity index (χ2n) is 9.81. The van der Waals surface area contributed by atoms with Crippen molar-refractivity contribution in [2.75, 3.05) is 26.2 Å². The van der Waals surface area contributed by atoms with Crippen molar-refractivity contribution in [3.05, 3.63) is 89.0 Å². The number of carbonyl (C=O) groups is 2. The molecule has 7 heteroatoms.